The molecule has 0 saturated heterocycles. The SMILES string of the molecule is CCNC(=NCc1cccc(Cl)c1)NCc1ccc(F)c(CN(C)C)c1.I. The van der Waals surface area contributed by atoms with E-state index in [9.17, 15) is 4.39 Å². The molecule has 4 nitrogen and oxygen atoms in total. The molecular weight excluding hydrogens is 478 g/mol. The summed E-state index contributed by atoms with van der Waals surface area (Å²) in [5, 5.41) is 7.22. The Hall–Kier alpha value is -1.38. The highest BCUT2D eigenvalue weighted by molar-refractivity contribution is 14.0. The average Bonchev–Trinajstić information content (AvgIpc) is 2.59. The summed E-state index contributed by atoms with van der Waals surface area (Å²) in [6.45, 7) is 4.45. The fourth-order valence-electron chi connectivity index (χ4n) is 2.53. The molecule has 0 heterocycles. The Morgan fingerprint density at radius 2 is 1.89 bits per heavy atom. The second-order valence-corrected chi connectivity index (χ2v) is 6.78. The molecule has 2 aromatic carbocycles. The lowest BCUT2D eigenvalue weighted by Gasteiger charge is -2.14. The van der Waals surface area contributed by atoms with Crippen LogP contribution < -0.4 is 10.6 Å². The maximum Gasteiger partial charge on any atom is 0.191 e. The smallest absolute Gasteiger partial charge is 0.191 e. The van der Waals surface area contributed by atoms with Crippen molar-refractivity contribution in [1.29, 1.82) is 0 Å². The van der Waals surface area contributed by atoms with Gasteiger partial charge in [-0.3, -0.25) is 0 Å². The van der Waals surface area contributed by atoms with Crippen LogP contribution in [0, 0.1) is 5.82 Å². The third-order valence-electron chi connectivity index (χ3n) is 3.71. The lowest BCUT2D eigenvalue weighted by atomic mass is 10.1. The Labute approximate surface area is 183 Å². The van der Waals surface area contributed by atoms with Gasteiger partial charge in [-0.25, -0.2) is 9.38 Å². The van der Waals surface area contributed by atoms with E-state index in [0.717, 1.165) is 17.7 Å². The van der Waals surface area contributed by atoms with E-state index in [1.54, 1.807) is 6.07 Å². The van der Waals surface area contributed by atoms with E-state index in [4.69, 9.17) is 11.6 Å². The Morgan fingerprint density at radius 3 is 2.56 bits per heavy atom. The maximum absolute atomic E-state index is 13.9. The molecule has 2 aromatic rings. The molecule has 2 N–H and O–H groups in total. The highest BCUT2D eigenvalue weighted by Gasteiger charge is 2.06. The van der Waals surface area contributed by atoms with E-state index in [1.165, 1.54) is 6.07 Å². The summed E-state index contributed by atoms with van der Waals surface area (Å²) in [5.74, 6) is 0.537. The van der Waals surface area contributed by atoms with Crippen LogP contribution in [0.25, 0.3) is 0 Å². The topological polar surface area (TPSA) is 39.7 Å². The van der Waals surface area contributed by atoms with Gasteiger partial charge in [-0.15, -0.1) is 24.0 Å². The van der Waals surface area contributed by atoms with Crippen molar-refractivity contribution in [3.05, 3.63) is 70.0 Å². The van der Waals surface area contributed by atoms with Crippen molar-refractivity contribution in [3.63, 3.8) is 0 Å². The van der Waals surface area contributed by atoms with Gasteiger partial charge in [0.25, 0.3) is 0 Å². The van der Waals surface area contributed by atoms with E-state index >= 15 is 0 Å². The minimum absolute atomic E-state index is 0. The first-order chi connectivity index (χ1) is 12.5. The van der Waals surface area contributed by atoms with Gasteiger partial charge in [-0.1, -0.05) is 29.8 Å². The highest BCUT2D eigenvalue weighted by Crippen LogP contribution is 2.13. The third kappa shape index (κ3) is 8.45. The first-order valence-corrected chi connectivity index (χ1v) is 9.04. The minimum Gasteiger partial charge on any atom is -0.357 e. The monoisotopic (exact) mass is 504 g/mol. The second kappa shape index (κ2) is 12.2. The Bertz CT molecular complexity index is 753. The number of guanidine groups is 1. The number of nitrogens with one attached hydrogen (secondary N) is 2. The van der Waals surface area contributed by atoms with Gasteiger partial charge in [0, 0.05) is 30.2 Å². The number of halogens is 3. The van der Waals surface area contributed by atoms with Gasteiger partial charge < -0.3 is 15.5 Å². The first kappa shape index (κ1) is 23.7. The van der Waals surface area contributed by atoms with Gasteiger partial charge >= 0.3 is 0 Å². The number of aliphatic imine (C=N–C) groups is 1. The quantitative estimate of drug-likeness (QED) is 0.333. The average molecular weight is 505 g/mol. The van der Waals surface area contributed by atoms with E-state index < -0.39 is 0 Å². The number of hydrogen-bond acceptors (Lipinski definition) is 2. The molecule has 0 unspecified atom stereocenters. The normalized spacial score (nSPS) is 11.3. The van der Waals surface area contributed by atoms with Crippen molar-refractivity contribution in [2.75, 3.05) is 20.6 Å². The molecule has 0 aromatic heterocycles. The molecule has 0 spiro atoms. The van der Waals surface area contributed by atoms with Gasteiger partial charge in [-0.05, 0) is 56.4 Å². The van der Waals surface area contributed by atoms with Gasteiger partial charge in [0.05, 0.1) is 6.54 Å². The maximum atomic E-state index is 13.9. The molecule has 0 aliphatic heterocycles. The number of hydrogen-bond donors (Lipinski definition) is 2. The lowest BCUT2D eigenvalue weighted by molar-refractivity contribution is 0.392. The third-order valence-corrected chi connectivity index (χ3v) is 3.94. The predicted octanol–water partition coefficient (Wildman–Crippen LogP) is 4.41. The van der Waals surface area contributed by atoms with Crippen LogP contribution >= 0.6 is 35.6 Å². The van der Waals surface area contributed by atoms with Crippen molar-refractivity contribution in [2.45, 2.75) is 26.6 Å². The second-order valence-electron chi connectivity index (χ2n) is 6.34. The van der Waals surface area contributed by atoms with E-state index in [2.05, 4.69) is 15.6 Å². The Morgan fingerprint density at radius 1 is 1.11 bits per heavy atom. The van der Waals surface area contributed by atoms with Crippen LogP contribution in [0.15, 0.2) is 47.5 Å². The minimum atomic E-state index is -0.177. The van der Waals surface area contributed by atoms with Crippen molar-refractivity contribution in [2.24, 2.45) is 4.99 Å². The highest BCUT2D eigenvalue weighted by atomic mass is 127. The van der Waals surface area contributed by atoms with Crippen LogP contribution in [0.5, 0.6) is 0 Å². The summed E-state index contributed by atoms with van der Waals surface area (Å²) in [5.41, 5.74) is 2.75. The molecule has 0 fully saturated rings. The van der Waals surface area contributed by atoms with Crippen molar-refractivity contribution < 1.29 is 4.39 Å². The van der Waals surface area contributed by atoms with E-state index in [1.807, 2.05) is 56.3 Å². The fourth-order valence-corrected chi connectivity index (χ4v) is 2.75. The Kier molecular flexibility index (Phi) is 10.6. The largest absolute Gasteiger partial charge is 0.357 e. The molecule has 0 bridgehead atoms. The van der Waals surface area contributed by atoms with Crippen LogP contribution in [-0.4, -0.2) is 31.5 Å². The van der Waals surface area contributed by atoms with Gasteiger partial charge in [0.2, 0.25) is 0 Å². The molecule has 7 heteroatoms. The first-order valence-electron chi connectivity index (χ1n) is 8.66. The number of rotatable bonds is 7. The van der Waals surface area contributed by atoms with Gasteiger partial charge in [-0.2, -0.15) is 0 Å². The standard InChI is InChI=1S/C20H26ClFN4.HI/c1-4-23-20(24-12-15-6-5-7-18(21)11-15)25-13-16-8-9-19(22)17(10-16)14-26(2)3;/h5-11H,4,12-14H2,1-3H3,(H2,23,24,25);1H. The zero-order chi connectivity index (χ0) is 18.9. The summed E-state index contributed by atoms with van der Waals surface area (Å²) >= 11 is 6.01. The van der Waals surface area contributed by atoms with Gasteiger partial charge in [0.1, 0.15) is 5.82 Å². The molecule has 0 aliphatic carbocycles. The lowest BCUT2D eigenvalue weighted by Crippen LogP contribution is -2.36. The molecule has 0 atom stereocenters. The van der Waals surface area contributed by atoms with Crippen LogP contribution in [0.4, 0.5) is 4.39 Å². The molecule has 0 saturated carbocycles. The summed E-state index contributed by atoms with van der Waals surface area (Å²) in [6, 6.07) is 12.9. The van der Waals surface area contributed by atoms with E-state index in [0.29, 0.717) is 36.2 Å². The zero-order valence-corrected chi connectivity index (χ0v) is 19.0. The molecule has 0 radical (unpaired) electrons. The van der Waals surface area contributed by atoms with Crippen molar-refractivity contribution in [3.8, 4) is 0 Å². The summed E-state index contributed by atoms with van der Waals surface area (Å²) in [6.07, 6.45) is 0. The van der Waals surface area contributed by atoms with Crippen LogP contribution in [0.1, 0.15) is 23.6 Å². The van der Waals surface area contributed by atoms with E-state index in [-0.39, 0.29) is 29.8 Å². The summed E-state index contributed by atoms with van der Waals surface area (Å²) < 4.78 is 13.9. The molecule has 148 valence electrons. The van der Waals surface area contributed by atoms with Crippen molar-refractivity contribution in [1.82, 2.24) is 15.5 Å². The van der Waals surface area contributed by atoms with Crippen LogP contribution in [0.2, 0.25) is 5.02 Å². The van der Waals surface area contributed by atoms with Crippen LogP contribution in [-0.2, 0) is 19.6 Å². The van der Waals surface area contributed by atoms with Crippen LogP contribution in [0.3, 0.4) is 0 Å². The molecule has 2 rings (SSSR count). The van der Waals surface area contributed by atoms with Crippen molar-refractivity contribution >= 4 is 41.5 Å². The molecule has 0 aliphatic rings. The number of nitrogens with zero attached hydrogens (tertiary/aromatic N) is 2. The Balaban J connectivity index is 0.00000364. The predicted molar refractivity (Wildman–Crippen MR) is 122 cm³/mol. The fraction of sp³-hybridized carbons (Fsp3) is 0.350. The molecule has 0 amide bonds. The number of benzene rings is 2. The van der Waals surface area contributed by atoms with Gasteiger partial charge in [0.15, 0.2) is 5.96 Å². The zero-order valence-electron chi connectivity index (χ0n) is 15.9. The molecular formula is C20H27ClFIN4. The molecule has 27 heavy (non-hydrogen) atoms. The summed E-state index contributed by atoms with van der Waals surface area (Å²) in [4.78, 5) is 6.53. The summed E-state index contributed by atoms with van der Waals surface area (Å²) in [7, 11) is 3.85.